The van der Waals surface area contributed by atoms with Crippen LogP contribution in [-0.2, 0) is 24.2 Å². The molecule has 0 spiro atoms. The van der Waals surface area contributed by atoms with E-state index >= 15 is 0 Å². The first-order valence-corrected chi connectivity index (χ1v) is 11.4. The minimum atomic E-state index is -0.0223. The Morgan fingerprint density at radius 3 is 2.96 bits per heavy atom. The second-order valence-electron chi connectivity index (χ2n) is 7.04. The zero-order valence-corrected chi connectivity index (χ0v) is 17.7. The van der Waals surface area contributed by atoms with Crippen molar-refractivity contribution in [3.63, 3.8) is 0 Å². The highest BCUT2D eigenvalue weighted by Crippen LogP contribution is 2.34. The summed E-state index contributed by atoms with van der Waals surface area (Å²) in [7, 11) is 0. The molecule has 27 heavy (non-hydrogen) atoms. The molecule has 146 valence electrons. The third-order valence-corrected chi connectivity index (χ3v) is 6.98. The van der Waals surface area contributed by atoms with Gasteiger partial charge in [0.15, 0.2) is 5.16 Å². The van der Waals surface area contributed by atoms with Crippen molar-refractivity contribution in [3.05, 3.63) is 33.4 Å². The smallest absolute Gasteiger partial charge is 0.263 e. The Morgan fingerprint density at radius 1 is 1.44 bits per heavy atom. The fourth-order valence-electron chi connectivity index (χ4n) is 3.57. The highest BCUT2D eigenvalue weighted by atomic mass is 32.2. The summed E-state index contributed by atoms with van der Waals surface area (Å²) in [5, 5.41) is 4.38. The average molecular weight is 406 g/mol. The fourth-order valence-corrected chi connectivity index (χ4v) is 5.69. The van der Waals surface area contributed by atoms with E-state index in [-0.39, 0.29) is 23.3 Å². The summed E-state index contributed by atoms with van der Waals surface area (Å²) in [5.74, 6) is 0.236. The number of allylic oxidation sites excluding steroid dienone is 1. The summed E-state index contributed by atoms with van der Waals surface area (Å²) in [5.41, 5.74) is 1.20. The minimum Gasteiger partial charge on any atom is -0.353 e. The van der Waals surface area contributed by atoms with Crippen molar-refractivity contribution in [2.45, 2.75) is 70.1 Å². The Hall–Kier alpha value is -1.60. The van der Waals surface area contributed by atoms with Gasteiger partial charge < -0.3 is 5.32 Å². The van der Waals surface area contributed by atoms with Gasteiger partial charge in [0, 0.05) is 17.5 Å². The molecule has 1 unspecified atom stereocenters. The second-order valence-corrected chi connectivity index (χ2v) is 9.06. The van der Waals surface area contributed by atoms with Crippen LogP contribution in [-0.4, -0.2) is 27.3 Å². The highest BCUT2D eigenvalue weighted by molar-refractivity contribution is 7.99. The van der Waals surface area contributed by atoms with Crippen molar-refractivity contribution in [2.75, 3.05) is 5.75 Å². The van der Waals surface area contributed by atoms with Crippen LogP contribution in [0.2, 0.25) is 0 Å². The number of amides is 1. The van der Waals surface area contributed by atoms with Crippen molar-refractivity contribution in [1.29, 1.82) is 0 Å². The Bertz CT molecular complexity index is 901. The van der Waals surface area contributed by atoms with E-state index in [1.54, 1.807) is 22.0 Å². The number of nitrogens with one attached hydrogen (secondary N) is 1. The first kappa shape index (κ1) is 20.1. The van der Waals surface area contributed by atoms with E-state index in [4.69, 9.17) is 4.98 Å². The first-order chi connectivity index (χ1) is 13.0. The van der Waals surface area contributed by atoms with Gasteiger partial charge in [-0.2, -0.15) is 0 Å². The lowest BCUT2D eigenvalue weighted by Gasteiger charge is -2.14. The van der Waals surface area contributed by atoms with Crippen molar-refractivity contribution in [2.24, 2.45) is 0 Å². The lowest BCUT2D eigenvalue weighted by molar-refractivity contribution is -0.119. The maximum atomic E-state index is 13.1. The molecule has 3 rings (SSSR count). The van der Waals surface area contributed by atoms with Crippen LogP contribution in [0, 0.1) is 0 Å². The van der Waals surface area contributed by atoms with Crippen molar-refractivity contribution in [3.8, 4) is 0 Å². The van der Waals surface area contributed by atoms with E-state index in [0.717, 1.165) is 42.3 Å². The van der Waals surface area contributed by atoms with Gasteiger partial charge in [0.05, 0.1) is 11.1 Å². The minimum absolute atomic E-state index is 0.00144. The molecule has 0 saturated heterocycles. The van der Waals surface area contributed by atoms with Crippen LogP contribution >= 0.6 is 23.1 Å². The number of nitrogens with zero attached hydrogens (tertiary/aromatic N) is 2. The van der Waals surface area contributed by atoms with Gasteiger partial charge in [0.25, 0.3) is 5.56 Å². The average Bonchev–Trinajstić information content (AvgIpc) is 3.01. The lowest BCUT2D eigenvalue weighted by atomic mass is 9.97. The molecule has 0 aromatic carbocycles. The standard InChI is InChI=1S/C20H27N3O2S2/c1-4-8-13(3)21-16(24)12-26-20-22-18-17(19(25)23(20)11-5-2)14-9-6-7-10-15(14)27-18/h5,13H,2,4,6-12H2,1,3H3,(H,21,24). The Kier molecular flexibility index (Phi) is 6.76. The molecule has 1 N–H and O–H groups in total. The van der Waals surface area contributed by atoms with E-state index < -0.39 is 0 Å². The van der Waals surface area contributed by atoms with Crippen LogP contribution in [0.25, 0.3) is 10.2 Å². The number of carbonyl (C=O) groups is 1. The van der Waals surface area contributed by atoms with Crippen LogP contribution in [0.3, 0.4) is 0 Å². The van der Waals surface area contributed by atoms with Crippen LogP contribution < -0.4 is 10.9 Å². The van der Waals surface area contributed by atoms with Crippen LogP contribution in [0.1, 0.15) is 50.0 Å². The Balaban J connectivity index is 1.88. The predicted octanol–water partition coefficient (Wildman–Crippen LogP) is 3.92. The van der Waals surface area contributed by atoms with Crippen LogP contribution in [0.4, 0.5) is 0 Å². The van der Waals surface area contributed by atoms with Gasteiger partial charge in [-0.05, 0) is 44.6 Å². The quantitative estimate of drug-likeness (QED) is 0.411. The summed E-state index contributed by atoms with van der Waals surface area (Å²) >= 11 is 2.97. The molecule has 0 bridgehead atoms. The van der Waals surface area contributed by atoms with Gasteiger partial charge in [-0.3, -0.25) is 14.2 Å². The number of thioether (sulfide) groups is 1. The predicted molar refractivity (Wildman–Crippen MR) is 114 cm³/mol. The molecule has 2 aromatic heterocycles. The molecule has 1 aliphatic rings. The number of hydrogen-bond acceptors (Lipinski definition) is 5. The summed E-state index contributed by atoms with van der Waals surface area (Å²) in [4.78, 5) is 32.2. The van der Waals surface area contributed by atoms with E-state index in [0.29, 0.717) is 11.7 Å². The number of rotatable bonds is 8. The molecule has 1 atom stereocenters. The lowest BCUT2D eigenvalue weighted by Crippen LogP contribution is -2.34. The van der Waals surface area contributed by atoms with Crippen molar-refractivity contribution >= 4 is 39.2 Å². The van der Waals surface area contributed by atoms with E-state index in [9.17, 15) is 9.59 Å². The third kappa shape index (κ3) is 4.46. The molecular weight excluding hydrogens is 378 g/mol. The molecule has 1 aliphatic carbocycles. The summed E-state index contributed by atoms with van der Waals surface area (Å²) in [6, 6.07) is 0.165. The van der Waals surface area contributed by atoms with Gasteiger partial charge in [0.2, 0.25) is 5.91 Å². The molecule has 5 nitrogen and oxygen atoms in total. The number of aryl methyl sites for hydroxylation is 2. The molecule has 7 heteroatoms. The molecular formula is C20H27N3O2S2. The van der Waals surface area contributed by atoms with Crippen LogP contribution in [0.15, 0.2) is 22.6 Å². The topological polar surface area (TPSA) is 64.0 Å². The van der Waals surface area contributed by atoms with Gasteiger partial charge in [-0.1, -0.05) is 31.2 Å². The van der Waals surface area contributed by atoms with Crippen molar-refractivity contribution < 1.29 is 4.79 Å². The number of hydrogen-bond donors (Lipinski definition) is 1. The number of aromatic nitrogens is 2. The molecule has 0 aliphatic heterocycles. The highest BCUT2D eigenvalue weighted by Gasteiger charge is 2.22. The fraction of sp³-hybridized carbons (Fsp3) is 0.550. The molecule has 2 heterocycles. The monoisotopic (exact) mass is 405 g/mol. The normalized spacial score (nSPS) is 14.7. The Morgan fingerprint density at radius 2 is 2.22 bits per heavy atom. The Labute approximate surface area is 168 Å². The van der Waals surface area contributed by atoms with Crippen molar-refractivity contribution in [1.82, 2.24) is 14.9 Å². The van der Waals surface area contributed by atoms with Gasteiger partial charge in [-0.25, -0.2) is 4.98 Å². The first-order valence-electron chi connectivity index (χ1n) is 9.63. The van der Waals surface area contributed by atoms with Gasteiger partial charge in [0.1, 0.15) is 4.83 Å². The summed E-state index contributed by atoms with van der Waals surface area (Å²) in [6.07, 6.45) is 8.02. The molecule has 0 radical (unpaired) electrons. The molecule has 2 aromatic rings. The molecule has 1 amide bonds. The molecule has 0 saturated carbocycles. The summed E-state index contributed by atoms with van der Waals surface area (Å²) in [6.45, 7) is 8.30. The van der Waals surface area contributed by atoms with E-state index in [1.165, 1.54) is 28.6 Å². The maximum absolute atomic E-state index is 13.1. The zero-order valence-electron chi connectivity index (χ0n) is 16.0. The third-order valence-electron chi connectivity index (χ3n) is 4.81. The number of fused-ring (bicyclic) bond motifs is 3. The molecule has 0 fully saturated rings. The van der Waals surface area contributed by atoms with E-state index in [1.807, 2.05) is 6.92 Å². The van der Waals surface area contributed by atoms with Crippen LogP contribution in [0.5, 0.6) is 0 Å². The SMILES string of the molecule is C=CCn1c(SCC(=O)NC(C)CCC)nc2sc3c(c2c1=O)CCCC3. The number of thiophene rings is 1. The van der Waals surface area contributed by atoms with Gasteiger partial charge in [-0.15, -0.1) is 17.9 Å². The van der Waals surface area contributed by atoms with Gasteiger partial charge >= 0.3 is 0 Å². The summed E-state index contributed by atoms with van der Waals surface area (Å²) < 4.78 is 1.66. The largest absolute Gasteiger partial charge is 0.353 e. The number of carbonyl (C=O) groups excluding carboxylic acids is 1. The maximum Gasteiger partial charge on any atom is 0.263 e. The zero-order chi connectivity index (χ0) is 19.4. The van der Waals surface area contributed by atoms with E-state index in [2.05, 4.69) is 18.8 Å². The second kappa shape index (κ2) is 9.06.